The Hall–Kier alpha value is -3.04. The predicted molar refractivity (Wildman–Crippen MR) is 169 cm³/mol. The van der Waals surface area contributed by atoms with Crippen molar-refractivity contribution < 1.29 is 9.53 Å². The van der Waals surface area contributed by atoms with Crippen LogP contribution < -0.4 is 17.3 Å². The first-order chi connectivity index (χ1) is 20.4. The Morgan fingerprint density at radius 3 is 2.55 bits per heavy atom. The Labute approximate surface area is 256 Å². The summed E-state index contributed by atoms with van der Waals surface area (Å²) in [5.41, 5.74) is 10.8. The fourth-order valence-corrected chi connectivity index (χ4v) is 15.1. The summed E-state index contributed by atoms with van der Waals surface area (Å²) in [7, 11) is 0. The van der Waals surface area contributed by atoms with E-state index in [1.54, 1.807) is 0 Å². The van der Waals surface area contributed by atoms with E-state index in [-0.39, 0.29) is 12.1 Å². The van der Waals surface area contributed by atoms with Crippen LogP contribution in [0.2, 0.25) is 0 Å². The van der Waals surface area contributed by atoms with E-state index in [1.807, 2.05) is 41.4 Å². The number of nitrogen functional groups attached to an aromatic ring is 1. The number of fused-ring (bicyclic) bond motifs is 3. The predicted octanol–water partition coefficient (Wildman–Crippen LogP) is 3.29. The first kappa shape index (κ1) is 27.8. The molecule has 2 N–H and O–H groups in total. The van der Waals surface area contributed by atoms with Crippen LogP contribution in [-0.2, 0) is 11.3 Å². The summed E-state index contributed by atoms with van der Waals surface area (Å²) in [6, 6.07) is 21.9. The molecule has 8 rings (SSSR count). The van der Waals surface area contributed by atoms with Gasteiger partial charge in [-0.05, 0) is 0 Å². The van der Waals surface area contributed by atoms with Gasteiger partial charge in [-0.1, -0.05) is 30.3 Å². The first-order valence-electron chi connectivity index (χ1n) is 15.4. The molecule has 6 bridgehead atoms. The number of rotatable bonds is 4. The van der Waals surface area contributed by atoms with Crippen LogP contribution in [0.3, 0.4) is 0 Å². The van der Waals surface area contributed by atoms with Crippen LogP contribution in [-0.4, -0.2) is 92.6 Å². The average Bonchev–Trinajstić information content (AvgIpc) is 3.37. The molecular weight excluding hydrogens is 627 g/mol. The number of carbonyl (C=O) groups is 1. The van der Waals surface area contributed by atoms with Gasteiger partial charge in [0.05, 0.1) is 0 Å². The number of pyridine rings is 1. The Morgan fingerprint density at radius 1 is 1.02 bits per heavy atom. The molecule has 2 unspecified atom stereocenters. The van der Waals surface area contributed by atoms with Crippen molar-refractivity contribution in [2.24, 2.45) is 8.90 Å². The SMILES string of the molecule is C[C@@H]1CN2C[C@H](C)N1C(CC1CCN(C(=O)OCc3ccccc3)CC1)C1=[N][In]([c]3ccnc2c3)[c]2ccc(N)cc21. The van der Waals surface area contributed by atoms with Gasteiger partial charge in [0, 0.05) is 0 Å². The number of anilines is 2. The Bertz CT molecular complexity index is 1480. The molecule has 9 heteroatoms. The number of aromatic nitrogens is 1. The van der Waals surface area contributed by atoms with Gasteiger partial charge in [0.2, 0.25) is 0 Å². The summed E-state index contributed by atoms with van der Waals surface area (Å²) >= 11 is -2.71. The zero-order valence-electron chi connectivity index (χ0n) is 24.5. The zero-order valence-corrected chi connectivity index (χ0v) is 27.8. The normalized spacial score (nSPS) is 25.1. The van der Waals surface area contributed by atoms with Gasteiger partial charge in [-0.25, -0.2) is 0 Å². The number of likely N-dealkylation sites (tertiary alicyclic amines) is 1. The Morgan fingerprint density at radius 2 is 1.79 bits per heavy atom. The Balaban J connectivity index is 1.15. The third-order valence-electron chi connectivity index (χ3n) is 9.62. The maximum absolute atomic E-state index is 12.9. The van der Waals surface area contributed by atoms with Crippen molar-refractivity contribution in [1.82, 2.24) is 14.8 Å². The van der Waals surface area contributed by atoms with E-state index in [4.69, 9.17) is 18.4 Å². The fraction of sp³-hybridized carbons (Fsp3) is 0.424. The molecule has 2 fully saturated rings. The van der Waals surface area contributed by atoms with Gasteiger partial charge in [0.25, 0.3) is 0 Å². The van der Waals surface area contributed by atoms with Crippen LogP contribution in [0.25, 0.3) is 0 Å². The molecule has 216 valence electrons. The van der Waals surface area contributed by atoms with Crippen molar-refractivity contribution in [3.05, 3.63) is 78.0 Å². The number of hydrogen-bond acceptors (Lipinski definition) is 7. The molecular formula is C33H39InN6O2. The number of piperidine rings is 1. The van der Waals surface area contributed by atoms with Crippen LogP contribution in [0.5, 0.6) is 0 Å². The van der Waals surface area contributed by atoms with Gasteiger partial charge in [-0.3, -0.25) is 0 Å². The van der Waals surface area contributed by atoms with Crippen molar-refractivity contribution in [3.8, 4) is 0 Å². The molecule has 5 aliphatic rings. The molecule has 5 aliphatic heterocycles. The molecule has 0 spiro atoms. The Kier molecular flexibility index (Phi) is 7.65. The topological polar surface area (TPSA) is 87.3 Å². The number of amides is 1. The summed E-state index contributed by atoms with van der Waals surface area (Å²) in [5.74, 6) is 1.60. The molecule has 2 saturated heterocycles. The third-order valence-corrected chi connectivity index (χ3v) is 17.1. The third kappa shape index (κ3) is 5.30. The van der Waals surface area contributed by atoms with E-state index in [2.05, 4.69) is 54.0 Å². The summed E-state index contributed by atoms with van der Waals surface area (Å²) in [6.07, 6.45) is 4.79. The molecule has 0 aliphatic carbocycles. The van der Waals surface area contributed by atoms with Crippen molar-refractivity contribution in [3.63, 3.8) is 0 Å². The number of piperazine rings is 1. The quantitative estimate of drug-likeness (QED) is 0.431. The van der Waals surface area contributed by atoms with E-state index >= 15 is 0 Å². The van der Waals surface area contributed by atoms with Gasteiger partial charge in [-0.15, -0.1) is 0 Å². The van der Waals surface area contributed by atoms with Crippen LogP contribution in [0.1, 0.15) is 44.2 Å². The molecule has 4 atom stereocenters. The second-order valence-corrected chi connectivity index (χ2v) is 19.2. The van der Waals surface area contributed by atoms with Crippen LogP contribution in [0.15, 0.2) is 69.8 Å². The number of nitrogens with two attached hydrogens (primary N) is 1. The van der Waals surface area contributed by atoms with Crippen molar-refractivity contribution in [1.29, 1.82) is 0 Å². The monoisotopic (exact) mass is 666 g/mol. The van der Waals surface area contributed by atoms with Crippen molar-refractivity contribution in [2.45, 2.75) is 57.8 Å². The van der Waals surface area contributed by atoms with E-state index in [9.17, 15) is 4.79 Å². The molecule has 42 heavy (non-hydrogen) atoms. The average molecular weight is 667 g/mol. The molecule has 1 aromatic heterocycles. The van der Waals surface area contributed by atoms with E-state index in [0.29, 0.717) is 24.6 Å². The van der Waals surface area contributed by atoms with Gasteiger partial charge in [-0.2, -0.15) is 0 Å². The second-order valence-electron chi connectivity index (χ2n) is 12.5. The minimum atomic E-state index is -2.71. The summed E-state index contributed by atoms with van der Waals surface area (Å²) in [6.45, 7) is 8.43. The fourth-order valence-electron chi connectivity index (χ4n) is 7.60. The van der Waals surface area contributed by atoms with Crippen LogP contribution in [0, 0.1) is 5.92 Å². The number of ether oxygens (including phenoxy) is 1. The maximum atomic E-state index is 12.9. The molecule has 2 aromatic carbocycles. The number of carbonyl (C=O) groups excluding carboxylic acids is 1. The molecule has 3 aromatic rings. The number of hydrogen-bond donors (Lipinski definition) is 1. The summed E-state index contributed by atoms with van der Waals surface area (Å²) in [5, 5.41) is 0. The van der Waals surface area contributed by atoms with Gasteiger partial charge < -0.3 is 0 Å². The zero-order chi connectivity index (χ0) is 28.8. The summed E-state index contributed by atoms with van der Waals surface area (Å²) in [4.78, 5) is 24.8. The van der Waals surface area contributed by atoms with Crippen LogP contribution in [0.4, 0.5) is 16.3 Å². The molecule has 6 heterocycles. The molecule has 0 saturated carbocycles. The van der Waals surface area contributed by atoms with Gasteiger partial charge in [0.15, 0.2) is 0 Å². The van der Waals surface area contributed by atoms with E-state index in [0.717, 1.165) is 62.5 Å². The summed E-state index contributed by atoms with van der Waals surface area (Å²) < 4.78 is 14.2. The molecule has 8 nitrogen and oxygen atoms in total. The molecule has 1 amide bonds. The second kappa shape index (κ2) is 11.6. The molecule has 0 radical (unpaired) electrons. The standard InChI is InChI=1S/C33H39N6O2.In/c1-24-21-38(31-13-6-7-16-36-31)22-25(2)39(24)30(32(35)28-11-8-12-29(34)20-28)19-26-14-17-37(18-15-26)33(40)41-23-27-9-4-3-5-10-27;/h3-5,7-10,12-13,16,20,24-26,30H,14-15,17-19,21-23,34H2,1-2H3;/q-1;+1/t24-,25+,30?;. The van der Waals surface area contributed by atoms with Gasteiger partial charge >= 0.3 is 227 Å². The van der Waals surface area contributed by atoms with E-state index in [1.165, 1.54) is 17.9 Å². The number of benzene rings is 2. The number of nitrogens with zero attached hydrogens (tertiary/aromatic N) is 5. The van der Waals surface area contributed by atoms with Gasteiger partial charge in [0.1, 0.15) is 0 Å². The first-order valence-corrected chi connectivity index (χ1v) is 20.1. The van der Waals surface area contributed by atoms with Crippen LogP contribution >= 0.6 is 0 Å². The minimum absolute atomic E-state index is 0.206. The van der Waals surface area contributed by atoms with Crippen molar-refractivity contribution >= 4 is 51.7 Å². The van der Waals surface area contributed by atoms with Crippen molar-refractivity contribution in [2.75, 3.05) is 36.8 Å². The van der Waals surface area contributed by atoms with E-state index < -0.39 is 21.7 Å².